The van der Waals surface area contributed by atoms with Gasteiger partial charge in [0.2, 0.25) is 0 Å². The van der Waals surface area contributed by atoms with Crippen molar-refractivity contribution in [3.63, 3.8) is 0 Å². The number of carbonyl (C=O) groups excluding carboxylic acids is 2. The van der Waals surface area contributed by atoms with Crippen LogP contribution in [0.15, 0.2) is 12.1 Å². The second-order valence-corrected chi connectivity index (χ2v) is 4.67. The van der Waals surface area contributed by atoms with E-state index < -0.39 is 17.8 Å². The van der Waals surface area contributed by atoms with Crippen molar-refractivity contribution in [1.29, 1.82) is 0 Å². The number of anilines is 1. The maximum absolute atomic E-state index is 13.8. The Kier molecular flexibility index (Phi) is 2.45. The highest BCUT2D eigenvalue weighted by Gasteiger charge is 2.33. The van der Waals surface area contributed by atoms with Gasteiger partial charge in [0.15, 0.2) is 5.78 Å². The molecule has 94 valence electrons. The lowest BCUT2D eigenvalue weighted by Crippen LogP contribution is -2.29. The van der Waals surface area contributed by atoms with Crippen molar-refractivity contribution in [2.45, 2.75) is 25.4 Å². The van der Waals surface area contributed by atoms with Crippen molar-refractivity contribution in [1.82, 2.24) is 0 Å². The van der Waals surface area contributed by atoms with Crippen molar-refractivity contribution in [2.75, 3.05) is 11.4 Å². The van der Waals surface area contributed by atoms with E-state index in [-0.39, 0.29) is 5.78 Å². The number of halogens is 1. The van der Waals surface area contributed by atoms with Gasteiger partial charge in [-0.2, -0.15) is 0 Å². The molecule has 3 rings (SSSR count). The minimum Gasteiger partial charge on any atom is -0.383 e. The number of fused-ring (bicyclic) bond motifs is 1. The second kappa shape index (κ2) is 3.88. The average molecular weight is 249 g/mol. The Morgan fingerprint density at radius 1 is 1.28 bits per heavy atom. The van der Waals surface area contributed by atoms with E-state index in [1.165, 1.54) is 11.0 Å². The van der Waals surface area contributed by atoms with Crippen LogP contribution in [0.1, 0.15) is 28.8 Å². The van der Waals surface area contributed by atoms with Crippen LogP contribution in [0.2, 0.25) is 0 Å². The van der Waals surface area contributed by atoms with Gasteiger partial charge < -0.3 is 10.0 Å². The summed E-state index contributed by atoms with van der Waals surface area (Å²) in [6.07, 6.45) is 0.0752. The van der Waals surface area contributed by atoms with Crippen LogP contribution >= 0.6 is 0 Å². The first-order valence-electron chi connectivity index (χ1n) is 5.93. The average Bonchev–Trinajstić information content (AvgIpc) is 2.86. The zero-order valence-corrected chi connectivity index (χ0v) is 9.65. The number of Topliss-reactive ketones (excluding diaryl/α,β-unsaturated/α-hetero) is 1. The zero-order valence-electron chi connectivity index (χ0n) is 9.65. The molecule has 0 bridgehead atoms. The quantitative estimate of drug-likeness (QED) is 0.809. The van der Waals surface area contributed by atoms with Gasteiger partial charge in [0.25, 0.3) is 5.91 Å². The van der Waals surface area contributed by atoms with Gasteiger partial charge in [0.05, 0.1) is 0 Å². The smallest absolute Gasteiger partial charge is 0.255 e. The van der Waals surface area contributed by atoms with E-state index in [4.69, 9.17) is 0 Å². The fourth-order valence-electron chi connectivity index (χ4n) is 2.58. The predicted octanol–water partition coefficient (Wildman–Crippen LogP) is 1.05. The molecule has 1 N–H and O–H groups in total. The number of aliphatic hydroxyl groups is 1. The predicted molar refractivity (Wildman–Crippen MR) is 62.0 cm³/mol. The van der Waals surface area contributed by atoms with E-state index >= 15 is 0 Å². The molecule has 4 nitrogen and oxygen atoms in total. The summed E-state index contributed by atoms with van der Waals surface area (Å²) >= 11 is 0. The Morgan fingerprint density at radius 2 is 2.06 bits per heavy atom. The van der Waals surface area contributed by atoms with Gasteiger partial charge in [-0.15, -0.1) is 0 Å². The summed E-state index contributed by atoms with van der Waals surface area (Å²) in [4.78, 5) is 24.6. The summed E-state index contributed by atoms with van der Waals surface area (Å²) in [5, 5.41) is 9.39. The molecular formula is C13H12FNO3. The minimum absolute atomic E-state index is 0.0852. The Hall–Kier alpha value is -1.75. The topological polar surface area (TPSA) is 57.6 Å². The number of benzene rings is 1. The number of carbonyl (C=O) groups is 2. The van der Waals surface area contributed by atoms with Crippen molar-refractivity contribution in [3.8, 4) is 0 Å². The number of hydrogen-bond acceptors (Lipinski definition) is 3. The standard InChI is InChI=1S/C13H12FNO3/c14-10-6-7(15-4-3-12(17)13(15)18)5-9-8(10)1-2-11(9)16/h5-6,12,17H,1-4H2/t12-/m1/s1. The molecule has 2 aliphatic rings. The van der Waals surface area contributed by atoms with Crippen LogP contribution in [-0.4, -0.2) is 29.4 Å². The number of rotatable bonds is 1. The highest BCUT2D eigenvalue weighted by atomic mass is 19.1. The number of aliphatic hydroxyl groups excluding tert-OH is 1. The van der Waals surface area contributed by atoms with Crippen molar-refractivity contribution < 1.29 is 19.1 Å². The van der Waals surface area contributed by atoms with Crippen LogP contribution in [0, 0.1) is 5.82 Å². The largest absolute Gasteiger partial charge is 0.383 e. The lowest BCUT2D eigenvalue weighted by molar-refractivity contribution is -0.123. The molecule has 1 aliphatic heterocycles. The van der Waals surface area contributed by atoms with Crippen molar-refractivity contribution in [3.05, 3.63) is 29.1 Å². The maximum atomic E-state index is 13.8. The molecule has 0 radical (unpaired) electrons. The minimum atomic E-state index is -1.02. The van der Waals surface area contributed by atoms with Gasteiger partial charge in [-0.1, -0.05) is 0 Å². The van der Waals surface area contributed by atoms with Crippen LogP contribution in [0.3, 0.4) is 0 Å². The Morgan fingerprint density at radius 3 is 2.72 bits per heavy atom. The lowest BCUT2D eigenvalue weighted by atomic mass is 10.1. The third-order valence-electron chi connectivity index (χ3n) is 3.57. The summed E-state index contributed by atoms with van der Waals surface area (Å²) in [6, 6.07) is 2.83. The first-order chi connectivity index (χ1) is 8.58. The zero-order chi connectivity index (χ0) is 12.9. The molecular weight excluding hydrogens is 237 g/mol. The van der Waals surface area contributed by atoms with E-state index in [0.29, 0.717) is 42.6 Å². The second-order valence-electron chi connectivity index (χ2n) is 4.67. The summed E-state index contributed by atoms with van der Waals surface area (Å²) in [5.41, 5.74) is 1.18. The molecule has 18 heavy (non-hydrogen) atoms. The van der Waals surface area contributed by atoms with Crippen LogP contribution in [0.25, 0.3) is 0 Å². The summed E-state index contributed by atoms with van der Waals surface area (Å²) in [5.74, 6) is -0.958. The first-order valence-corrected chi connectivity index (χ1v) is 5.93. The first kappa shape index (κ1) is 11.3. The van der Waals surface area contributed by atoms with Gasteiger partial charge in [-0.05, 0) is 24.1 Å². The van der Waals surface area contributed by atoms with Crippen LogP contribution in [-0.2, 0) is 11.2 Å². The molecule has 0 saturated carbocycles. The number of nitrogens with zero attached hydrogens (tertiary/aromatic N) is 1. The third kappa shape index (κ3) is 1.54. The molecule has 1 saturated heterocycles. The Bertz CT molecular complexity index is 555. The Balaban J connectivity index is 2.05. The number of ketones is 1. The SMILES string of the molecule is O=C1CCc2c(F)cc(N3CC[C@@H](O)C3=O)cc21. The molecule has 1 aromatic carbocycles. The van der Waals surface area contributed by atoms with Gasteiger partial charge in [0, 0.05) is 30.6 Å². The van der Waals surface area contributed by atoms with Gasteiger partial charge in [0.1, 0.15) is 11.9 Å². The molecule has 5 heteroatoms. The molecule has 1 fully saturated rings. The fourth-order valence-corrected chi connectivity index (χ4v) is 2.58. The van der Waals surface area contributed by atoms with Crippen molar-refractivity contribution >= 4 is 17.4 Å². The van der Waals surface area contributed by atoms with Crippen LogP contribution < -0.4 is 4.90 Å². The molecule has 0 unspecified atom stereocenters. The van der Waals surface area contributed by atoms with E-state index in [1.807, 2.05) is 0 Å². The fraction of sp³-hybridized carbons (Fsp3) is 0.385. The highest BCUT2D eigenvalue weighted by Crippen LogP contribution is 2.31. The molecule has 0 aromatic heterocycles. The molecule has 1 amide bonds. The molecule has 1 heterocycles. The number of hydrogen-bond donors (Lipinski definition) is 1. The lowest BCUT2D eigenvalue weighted by Gasteiger charge is -2.17. The van der Waals surface area contributed by atoms with Gasteiger partial charge in [-0.3, -0.25) is 9.59 Å². The maximum Gasteiger partial charge on any atom is 0.255 e. The van der Waals surface area contributed by atoms with E-state index in [0.717, 1.165) is 0 Å². The summed E-state index contributed by atoms with van der Waals surface area (Å²) in [7, 11) is 0. The van der Waals surface area contributed by atoms with Gasteiger partial charge >= 0.3 is 0 Å². The van der Waals surface area contributed by atoms with E-state index in [2.05, 4.69) is 0 Å². The molecule has 1 aliphatic carbocycles. The number of amides is 1. The van der Waals surface area contributed by atoms with Crippen molar-refractivity contribution in [2.24, 2.45) is 0 Å². The molecule has 1 atom stereocenters. The summed E-state index contributed by atoms with van der Waals surface area (Å²) < 4.78 is 13.8. The van der Waals surface area contributed by atoms with Gasteiger partial charge in [-0.25, -0.2) is 4.39 Å². The monoisotopic (exact) mass is 249 g/mol. The van der Waals surface area contributed by atoms with E-state index in [9.17, 15) is 19.1 Å². The third-order valence-corrected chi connectivity index (χ3v) is 3.57. The van der Waals surface area contributed by atoms with Crippen LogP contribution in [0.5, 0.6) is 0 Å². The van der Waals surface area contributed by atoms with E-state index in [1.54, 1.807) is 6.07 Å². The summed E-state index contributed by atoms with van der Waals surface area (Å²) in [6.45, 7) is 0.354. The Labute approximate surface area is 103 Å². The molecule has 0 spiro atoms. The normalized spacial score (nSPS) is 22.8. The van der Waals surface area contributed by atoms with Crippen LogP contribution in [0.4, 0.5) is 10.1 Å². The molecule has 1 aromatic rings. The highest BCUT2D eigenvalue weighted by molar-refractivity contribution is 6.03.